The second-order valence-corrected chi connectivity index (χ2v) is 4.93. The first-order chi connectivity index (χ1) is 10.2. The van der Waals surface area contributed by atoms with Gasteiger partial charge in [0.1, 0.15) is 0 Å². The molecule has 0 saturated carbocycles. The molecule has 21 heavy (non-hydrogen) atoms. The standard InChI is InChI=1S/C17H22N4/c1-4-9-19-17(18-5-2)20-10-8-14-12-21-16-11-13(3)6-7-15(14)16/h1,6-7,11-12,21H,5,8-10H2,2-3H3,(H2,18,19,20). The van der Waals surface area contributed by atoms with Crippen LogP contribution >= 0.6 is 0 Å². The number of rotatable bonds is 5. The lowest BCUT2D eigenvalue weighted by molar-refractivity contribution is 0.857. The van der Waals surface area contributed by atoms with Crippen molar-refractivity contribution >= 4 is 16.9 Å². The van der Waals surface area contributed by atoms with Crippen molar-refractivity contribution in [3.05, 3.63) is 35.5 Å². The van der Waals surface area contributed by atoms with Crippen molar-refractivity contribution < 1.29 is 0 Å². The van der Waals surface area contributed by atoms with Gasteiger partial charge in [-0.15, -0.1) is 6.42 Å². The van der Waals surface area contributed by atoms with Gasteiger partial charge in [-0.1, -0.05) is 18.1 Å². The van der Waals surface area contributed by atoms with Crippen LogP contribution in [0.15, 0.2) is 29.4 Å². The molecule has 3 N–H and O–H groups in total. The average Bonchev–Trinajstić information content (AvgIpc) is 2.87. The summed E-state index contributed by atoms with van der Waals surface area (Å²) in [6.45, 7) is 6.17. The zero-order valence-electron chi connectivity index (χ0n) is 12.7. The summed E-state index contributed by atoms with van der Waals surface area (Å²) < 4.78 is 0. The molecule has 0 atom stereocenters. The van der Waals surface area contributed by atoms with E-state index >= 15 is 0 Å². The summed E-state index contributed by atoms with van der Waals surface area (Å²) in [7, 11) is 0. The fourth-order valence-electron chi connectivity index (χ4n) is 2.27. The van der Waals surface area contributed by atoms with Gasteiger partial charge in [-0.2, -0.15) is 0 Å². The van der Waals surface area contributed by atoms with Crippen LogP contribution in [0.3, 0.4) is 0 Å². The average molecular weight is 282 g/mol. The zero-order valence-corrected chi connectivity index (χ0v) is 12.7. The molecular weight excluding hydrogens is 260 g/mol. The number of aromatic nitrogens is 1. The van der Waals surface area contributed by atoms with Gasteiger partial charge < -0.3 is 15.6 Å². The molecule has 0 amide bonds. The lowest BCUT2D eigenvalue weighted by atomic mass is 10.1. The van der Waals surface area contributed by atoms with E-state index in [9.17, 15) is 0 Å². The molecule has 2 aromatic rings. The number of benzene rings is 1. The number of hydrogen-bond donors (Lipinski definition) is 3. The molecule has 0 spiro atoms. The van der Waals surface area contributed by atoms with Gasteiger partial charge >= 0.3 is 0 Å². The Morgan fingerprint density at radius 1 is 1.38 bits per heavy atom. The lowest BCUT2D eigenvalue weighted by Crippen LogP contribution is -2.37. The minimum Gasteiger partial charge on any atom is -0.361 e. The van der Waals surface area contributed by atoms with Gasteiger partial charge in [0.2, 0.25) is 0 Å². The van der Waals surface area contributed by atoms with E-state index in [1.807, 2.05) is 6.92 Å². The van der Waals surface area contributed by atoms with E-state index in [0.717, 1.165) is 25.5 Å². The van der Waals surface area contributed by atoms with E-state index in [0.29, 0.717) is 6.54 Å². The monoisotopic (exact) mass is 282 g/mol. The van der Waals surface area contributed by atoms with Gasteiger partial charge in [-0.3, -0.25) is 4.99 Å². The normalized spacial score (nSPS) is 11.4. The topological polar surface area (TPSA) is 52.2 Å². The Bertz CT molecular complexity index is 661. The maximum Gasteiger partial charge on any atom is 0.192 e. The van der Waals surface area contributed by atoms with E-state index < -0.39 is 0 Å². The molecule has 0 aliphatic heterocycles. The minimum absolute atomic E-state index is 0.484. The van der Waals surface area contributed by atoms with Crippen molar-refractivity contribution in [2.45, 2.75) is 20.3 Å². The number of fused-ring (bicyclic) bond motifs is 1. The Balaban J connectivity index is 2.02. The van der Waals surface area contributed by atoms with Crippen molar-refractivity contribution in [3.63, 3.8) is 0 Å². The Hall–Kier alpha value is -2.41. The number of aromatic amines is 1. The Labute approximate surface area is 126 Å². The number of H-pyrrole nitrogens is 1. The summed E-state index contributed by atoms with van der Waals surface area (Å²) in [6, 6.07) is 6.48. The lowest BCUT2D eigenvalue weighted by Gasteiger charge is -2.08. The van der Waals surface area contributed by atoms with Crippen LogP contribution in [-0.2, 0) is 6.42 Å². The van der Waals surface area contributed by atoms with E-state index in [1.165, 1.54) is 22.0 Å². The Morgan fingerprint density at radius 3 is 3.00 bits per heavy atom. The Kier molecular flexibility index (Phi) is 5.28. The molecule has 0 bridgehead atoms. The van der Waals surface area contributed by atoms with Gasteiger partial charge in [0.05, 0.1) is 6.54 Å². The highest BCUT2D eigenvalue weighted by Crippen LogP contribution is 2.19. The first kappa shape index (κ1) is 15.0. The smallest absolute Gasteiger partial charge is 0.192 e. The third-order valence-electron chi connectivity index (χ3n) is 3.28. The molecule has 0 unspecified atom stereocenters. The van der Waals surface area contributed by atoms with Crippen LogP contribution in [0.4, 0.5) is 0 Å². The van der Waals surface area contributed by atoms with Crippen molar-refractivity contribution in [2.75, 3.05) is 19.6 Å². The van der Waals surface area contributed by atoms with Crippen LogP contribution in [0, 0.1) is 19.3 Å². The first-order valence-corrected chi connectivity index (χ1v) is 7.27. The van der Waals surface area contributed by atoms with Crippen LogP contribution in [0.25, 0.3) is 10.9 Å². The highest BCUT2D eigenvalue weighted by Gasteiger charge is 2.03. The number of nitrogens with one attached hydrogen (secondary N) is 3. The molecule has 0 radical (unpaired) electrons. The van der Waals surface area contributed by atoms with Crippen molar-refractivity contribution in [2.24, 2.45) is 4.99 Å². The van der Waals surface area contributed by atoms with Crippen LogP contribution in [0.2, 0.25) is 0 Å². The third-order valence-corrected chi connectivity index (χ3v) is 3.28. The van der Waals surface area contributed by atoms with Crippen molar-refractivity contribution in [1.82, 2.24) is 15.6 Å². The SMILES string of the molecule is C#CCNC(=NCCc1c[nH]c2cc(C)ccc12)NCC. The molecule has 0 aliphatic rings. The van der Waals surface area contributed by atoms with E-state index in [1.54, 1.807) is 0 Å². The molecule has 0 aliphatic carbocycles. The predicted molar refractivity (Wildman–Crippen MR) is 89.6 cm³/mol. The van der Waals surface area contributed by atoms with Gasteiger partial charge in [-0.25, -0.2) is 0 Å². The maximum atomic E-state index is 5.25. The van der Waals surface area contributed by atoms with Crippen molar-refractivity contribution in [1.29, 1.82) is 0 Å². The number of terminal acetylenes is 1. The van der Waals surface area contributed by atoms with Crippen LogP contribution in [0.1, 0.15) is 18.1 Å². The number of guanidine groups is 1. The number of aryl methyl sites for hydroxylation is 1. The quantitative estimate of drug-likeness (QED) is 0.447. The highest BCUT2D eigenvalue weighted by molar-refractivity contribution is 5.84. The molecule has 110 valence electrons. The summed E-state index contributed by atoms with van der Waals surface area (Å²) in [4.78, 5) is 7.86. The van der Waals surface area contributed by atoms with Gasteiger partial charge in [0.15, 0.2) is 5.96 Å². The maximum absolute atomic E-state index is 5.25. The zero-order chi connectivity index (χ0) is 15.1. The molecule has 1 aromatic carbocycles. The molecule has 0 saturated heterocycles. The molecule has 4 heteroatoms. The number of nitrogens with zero attached hydrogens (tertiary/aromatic N) is 1. The summed E-state index contributed by atoms with van der Waals surface area (Å²) in [5.41, 5.74) is 3.75. The minimum atomic E-state index is 0.484. The van der Waals surface area contributed by atoms with Gasteiger partial charge in [-0.05, 0) is 37.5 Å². The summed E-state index contributed by atoms with van der Waals surface area (Å²) in [5, 5.41) is 7.54. The van der Waals surface area contributed by atoms with Crippen molar-refractivity contribution in [3.8, 4) is 12.3 Å². The molecular formula is C17H22N4. The second-order valence-electron chi connectivity index (χ2n) is 4.93. The predicted octanol–water partition coefficient (Wildman–Crippen LogP) is 2.21. The van der Waals surface area contributed by atoms with Crippen LogP contribution in [0.5, 0.6) is 0 Å². The Morgan fingerprint density at radius 2 is 2.24 bits per heavy atom. The van der Waals surface area contributed by atoms with Crippen LogP contribution in [-0.4, -0.2) is 30.6 Å². The van der Waals surface area contributed by atoms with Crippen LogP contribution < -0.4 is 10.6 Å². The van der Waals surface area contributed by atoms with E-state index in [2.05, 4.69) is 57.9 Å². The fourth-order valence-corrected chi connectivity index (χ4v) is 2.27. The van der Waals surface area contributed by atoms with Gasteiger partial charge in [0.25, 0.3) is 0 Å². The molecule has 1 aromatic heterocycles. The molecule has 0 fully saturated rings. The van der Waals surface area contributed by atoms with Gasteiger partial charge in [0, 0.05) is 30.2 Å². The summed E-state index contributed by atoms with van der Waals surface area (Å²) >= 11 is 0. The van der Waals surface area contributed by atoms with E-state index in [-0.39, 0.29) is 0 Å². The summed E-state index contributed by atoms with van der Waals surface area (Å²) in [5.74, 6) is 3.32. The first-order valence-electron chi connectivity index (χ1n) is 7.27. The number of hydrogen-bond acceptors (Lipinski definition) is 1. The second kappa shape index (κ2) is 7.39. The van der Waals surface area contributed by atoms with E-state index in [4.69, 9.17) is 6.42 Å². The molecule has 1 heterocycles. The summed E-state index contributed by atoms with van der Waals surface area (Å²) in [6.07, 6.45) is 8.22. The number of aliphatic imine (C=N–C) groups is 1. The fraction of sp³-hybridized carbons (Fsp3) is 0.353. The highest BCUT2D eigenvalue weighted by atomic mass is 15.2. The molecule has 4 nitrogen and oxygen atoms in total. The third kappa shape index (κ3) is 4.03. The largest absolute Gasteiger partial charge is 0.361 e. The molecule has 2 rings (SSSR count).